The first-order chi connectivity index (χ1) is 12.0. The summed E-state index contributed by atoms with van der Waals surface area (Å²) in [5, 5.41) is 2.97. The van der Waals surface area contributed by atoms with Crippen LogP contribution in [-0.2, 0) is 4.79 Å². The van der Waals surface area contributed by atoms with Gasteiger partial charge in [-0.1, -0.05) is 12.1 Å². The van der Waals surface area contributed by atoms with Crippen LogP contribution >= 0.6 is 0 Å². The highest BCUT2D eigenvalue weighted by Crippen LogP contribution is 2.33. The smallest absolute Gasteiger partial charge is 0.235 e. The highest BCUT2D eigenvalue weighted by atomic mass is 16.5. The zero-order chi connectivity index (χ0) is 18.0. The predicted octanol–water partition coefficient (Wildman–Crippen LogP) is 3.44. The lowest BCUT2D eigenvalue weighted by molar-refractivity contribution is -0.114. The highest BCUT2D eigenvalue weighted by Gasteiger charge is 2.17. The molecule has 2 aromatic carbocycles. The molecule has 0 saturated carbocycles. The summed E-state index contributed by atoms with van der Waals surface area (Å²) in [5.41, 5.74) is 1.27. The number of fused-ring (bicyclic) bond motifs is 1. The van der Waals surface area contributed by atoms with Gasteiger partial charge in [0.15, 0.2) is 5.76 Å². The molecule has 0 bridgehead atoms. The SMILES string of the molecule is COc1cccc(-c2oc3ccc(NC(C)=O)cc3c(=O)c2OC)c1. The molecule has 0 saturated heterocycles. The second-order valence-electron chi connectivity index (χ2n) is 5.42. The number of hydrogen-bond donors (Lipinski definition) is 1. The van der Waals surface area contributed by atoms with Crippen molar-refractivity contribution in [3.05, 3.63) is 52.7 Å². The van der Waals surface area contributed by atoms with Crippen molar-refractivity contribution in [1.82, 2.24) is 0 Å². The van der Waals surface area contributed by atoms with Gasteiger partial charge in [0.2, 0.25) is 17.1 Å². The summed E-state index contributed by atoms with van der Waals surface area (Å²) < 4.78 is 16.4. The van der Waals surface area contributed by atoms with E-state index in [-0.39, 0.29) is 17.1 Å². The second-order valence-corrected chi connectivity index (χ2v) is 5.42. The molecule has 0 spiro atoms. The maximum Gasteiger partial charge on any atom is 0.235 e. The fourth-order valence-electron chi connectivity index (χ4n) is 2.60. The van der Waals surface area contributed by atoms with Crippen LogP contribution in [0.3, 0.4) is 0 Å². The van der Waals surface area contributed by atoms with Gasteiger partial charge in [0, 0.05) is 18.2 Å². The van der Waals surface area contributed by atoms with E-state index in [9.17, 15) is 9.59 Å². The van der Waals surface area contributed by atoms with Crippen molar-refractivity contribution in [2.75, 3.05) is 19.5 Å². The highest BCUT2D eigenvalue weighted by molar-refractivity contribution is 5.92. The standard InChI is InChI=1S/C19H17NO5/c1-11(21)20-13-7-8-16-15(10-13)17(22)19(24-3)18(25-16)12-5-4-6-14(9-12)23-2/h4-10H,1-3H3,(H,20,21). The summed E-state index contributed by atoms with van der Waals surface area (Å²) >= 11 is 0. The number of amides is 1. The number of benzene rings is 2. The van der Waals surface area contributed by atoms with Crippen molar-refractivity contribution < 1.29 is 18.7 Å². The van der Waals surface area contributed by atoms with E-state index < -0.39 is 0 Å². The zero-order valence-electron chi connectivity index (χ0n) is 14.1. The summed E-state index contributed by atoms with van der Waals surface area (Å²) in [6, 6.07) is 12.1. The fourth-order valence-corrected chi connectivity index (χ4v) is 2.60. The topological polar surface area (TPSA) is 77.8 Å². The maximum absolute atomic E-state index is 12.8. The molecule has 0 unspecified atom stereocenters. The van der Waals surface area contributed by atoms with Crippen LogP contribution in [0.15, 0.2) is 51.7 Å². The van der Waals surface area contributed by atoms with Crippen LogP contribution in [0.1, 0.15) is 6.92 Å². The van der Waals surface area contributed by atoms with Gasteiger partial charge >= 0.3 is 0 Å². The van der Waals surface area contributed by atoms with E-state index in [4.69, 9.17) is 13.9 Å². The molecule has 0 aliphatic rings. The molecule has 1 amide bonds. The van der Waals surface area contributed by atoms with E-state index >= 15 is 0 Å². The minimum absolute atomic E-state index is 0.0979. The molecule has 6 heteroatoms. The molecule has 0 radical (unpaired) electrons. The van der Waals surface area contributed by atoms with Crippen LogP contribution in [0.25, 0.3) is 22.3 Å². The third kappa shape index (κ3) is 3.19. The van der Waals surface area contributed by atoms with Gasteiger partial charge in [0.05, 0.1) is 19.6 Å². The van der Waals surface area contributed by atoms with Gasteiger partial charge < -0.3 is 19.2 Å². The van der Waals surface area contributed by atoms with E-state index in [2.05, 4.69) is 5.32 Å². The van der Waals surface area contributed by atoms with E-state index in [1.165, 1.54) is 14.0 Å². The largest absolute Gasteiger partial charge is 0.497 e. The van der Waals surface area contributed by atoms with E-state index in [0.717, 1.165) is 0 Å². The Labute approximate surface area is 144 Å². The van der Waals surface area contributed by atoms with Gasteiger partial charge in [-0.3, -0.25) is 9.59 Å². The molecular formula is C19H17NO5. The molecule has 3 rings (SSSR count). The number of anilines is 1. The number of ether oxygens (including phenoxy) is 2. The minimum atomic E-state index is -0.311. The monoisotopic (exact) mass is 339 g/mol. The Bertz CT molecular complexity index is 1010. The van der Waals surface area contributed by atoms with Crippen molar-refractivity contribution in [1.29, 1.82) is 0 Å². The first kappa shape index (κ1) is 16.6. The first-order valence-electron chi connectivity index (χ1n) is 7.60. The molecule has 25 heavy (non-hydrogen) atoms. The van der Waals surface area contributed by atoms with E-state index in [0.29, 0.717) is 33.7 Å². The lowest BCUT2D eigenvalue weighted by Gasteiger charge is -2.11. The summed E-state index contributed by atoms with van der Waals surface area (Å²) in [7, 11) is 2.98. The predicted molar refractivity (Wildman–Crippen MR) is 95.3 cm³/mol. The average Bonchev–Trinajstić information content (AvgIpc) is 2.61. The van der Waals surface area contributed by atoms with Crippen LogP contribution < -0.4 is 20.2 Å². The van der Waals surface area contributed by atoms with Crippen LogP contribution in [0, 0.1) is 0 Å². The molecule has 1 N–H and O–H groups in total. The minimum Gasteiger partial charge on any atom is -0.497 e. The quantitative estimate of drug-likeness (QED) is 0.788. The van der Waals surface area contributed by atoms with Crippen molar-refractivity contribution in [3.8, 4) is 22.8 Å². The summed E-state index contributed by atoms with van der Waals surface area (Å²) in [4.78, 5) is 24.0. The molecule has 0 fully saturated rings. The normalized spacial score (nSPS) is 10.5. The summed E-state index contributed by atoms with van der Waals surface area (Å²) in [6.07, 6.45) is 0. The maximum atomic E-state index is 12.8. The Hall–Kier alpha value is -3.28. The van der Waals surface area contributed by atoms with Crippen molar-refractivity contribution in [2.24, 2.45) is 0 Å². The van der Waals surface area contributed by atoms with Crippen LogP contribution in [-0.4, -0.2) is 20.1 Å². The fraction of sp³-hybridized carbons (Fsp3) is 0.158. The Balaban J connectivity index is 2.23. The van der Waals surface area contributed by atoms with Crippen molar-refractivity contribution >= 4 is 22.6 Å². The zero-order valence-corrected chi connectivity index (χ0v) is 14.1. The van der Waals surface area contributed by atoms with Gasteiger partial charge in [-0.2, -0.15) is 0 Å². The van der Waals surface area contributed by atoms with E-state index in [1.807, 2.05) is 0 Å². The number of rotatable bonds is 4. The number of carbonyl (C=O) groups is 1. The van der Waals surface area contributed by atoms with Gasteiger partial charge in [0.25, 0.3) is 0 Å². The van der Waals surface area contributed by atoms with Gasteiger partial charge in [0.1, 0.15) is 11.3 Å². The lowest BCUT2D eigenvalue weighted by atomic mass is 10.1. The van der Waals surface area contributed by atoms with Gasteiger partial charge in [-0.05, 0) is 30.3 Å². The molecule has 0 aliphatic carbocycles. The molecular weight excluding hydrogens is 322 g/mol. The Morgan fingerprint density at radius 1 is 1.08 bits per heavy atom. The molecule has 128 valence electrons. The first-order valence-corrected chi connectivity index (χ1v) is 7.60. The third-order valence-electron chi connectivity index (χ3n) is 3.71. The van der Waals surface area contributed by atoms with Gasteiger partial charge in [-0.15, -0.1) is 0 Å². The summed E-state index contributed by atoms with van der Waals surface area (Å²) in [5.74, 6) is 0.846. The molecule has 0 atom stereocenters. The van der Waals surface area contributed by atoms with Gasteiger partial charge in [-0.25, -0.2) is 0 Å². The van der Waals surface area contributed by atoms with Crippen molar-refractivity contribution in [2.45, 2.75) is 6.92 Å². The number of nitrogens with one attached hydrogen (secondary N) is 1. The van der Waals surface area contributed by atoms with Crippen molar-refractivity contribution in [3.63, 3.8) is 0 Å². The molecule has 1 aromatic heterocycles. The molecule has 3 aromatic rings. The third-order valence-corrected chi connectivity index (χ3v) is 3.71. The van der Waals surface area contributed by atoms with Crippen LogP contribution in [0.5, 0.6) is 11.5 Å². The molecule has 6 nitrogen and oxygen atoms in total. The number of hydrogen-bond acceptors (Lipinski definition) is 5. The number of methoxy groups -OCH3 is 2. The molecule has 1 heterocycles. The van der Waals surface area contributed by atoms with Crippen LogP contribution in [0.2, 0.25) is 0 Å². The Kier molecular flexibility index (Phi) is 4.43. The van der Waals surface area contributed by atoms with Crippen LogP contribution in [0.4, 0.5) is 5.69 Å². The number of carbonyl (C=O) groups excluding carboxylic acids is 1. The lowest BCUT2D eigenvalue weighted by Crippen LogP contribution is -2.09. The second kappa shape index (κ2) is 6.68. The Morgan fingerprint density at radius 2 is 1.88 bits per heavy atom. The van der Waals surface area contributed by atoms with E-state index in [1.54, 1.807) is 49.6 Å². The molecule has 0 aliphatic heterocycles. The Morgan fingerprint density at radius 3 is 2.56 bits per heavy atom. The average molecular weight is 339 g/mol. The summed E-state index contributed by atoms with van der Waals surface area (Å²) in [6.45, 7) is 1.40.